The largest absolute Gasteiger partial charge is 0.472 e. The number of aromatic nitrogens is 3. The summed E-state index contributed by atoms with van der Waals surface area (Å²) < 4.78 is 7.54. The number of carbonyl (C=O) groups is 1. The van der Waals surface area contributed by atoms with Crippen molar-refractivity contribution in [3.8, 4) is 0 Å². The standard InChI is InChI=1S/C14H11BrN4O2/c15-12-3-1-10(2-4-12)7-19-9-16-14(18-19)17-13(20)11-5-6-21-8-11/h1-6,8-9H,7H2,(H,17,18,20). The molecule has 0 aliphatic heterocycles. The van der Waals surface area contributed by atoms with Gasteiger partial charge in [0, 0.05) is 4.47 Å². The molecule has 106 valence electrons. The number of hydrogen-bond donors (Lipinski definition) is 1. The molecule has 1 amide bonds. The summed E-state index contributed by atoms with van der Waals surface area (Å²) >= 11 is 3.39. The molecule has 3 rings (SSSR count). The molecule has 0 saturated heterocycles. The number of benzene rings is 1. The maximum absolute atomic E-state index is 11.8. The molecule has 0 fully saturated rings. The van der Waals surface area contributed by atoms with Crippen molar-refractivity contribution >= 4 is 27.8 Å². The fraction of sp³-hybridized carbons (Fsp3) is 0.0714. The Hall–Kier alpha value is -2.41. The lowest BCUT2D eigenvalue weighted by atomic mass is 10.2. The lowest BCUT2D eigenvalue weighted by Crippen LogP contribution is -2.12. The first-order valence-electron chi connectivity index (χ1n) is 6.18. The third kappa shape index (κ3) is 3.38. The summed E-state index contributed by atoms with van der Waals surface area (Å²) in [4.78, 5) is 15.9. The van der Waals surface area contributed by atoms with E-state index in [0.29, 0.717) is 12.1 Å². The fourth-order valence-corrected chi connectivity index (χ4v) is 2.04. The quantitative estimate of drug-likeness (QED) is 0.788. The Labute approximate surface area is 128 Å². The van der Waals surface area contributed by atoms with Crippen LogP contribution < -0.4 is 5.32 Å². The highest BCUT2D eigenvalue weighted by molar-refractivity contribution is 9.10. The second-order valence-corrected chi connectivity index (χ2v) is 5.27. The molecule has 2 aromatic heterocycles. The summed E-state index contributed by atoms with van der Waals surface area (Å²) in [5, 5.41) is 6.82. The van der Waals surface area contributed by atoms with Crippen molar-refractivity contribution in [1.29, 1.82) is 0 Å². The molecule has 6 nitrogen and oxygen atoms in total. The molecule has 0 aliphatic carbocycles. The van der Waals surface area contributed by atoms with Gasteiger partial charge < -0.3 is 4.42 Å². The minimum absolute atomic E-state index is 0.262. The van der Waals surface area contributed by atoms with Crippen molar-refractivity contribution in [2.45, 2.75) is 6.54 Å². The Balaban J connectivity index is 1.66. The molecular weight excluding hydrogens is 336 g/mol. The number of amides is 1. The molecule has 0 bridgehead atoms. The lowest BCUT2D eigenvalue weighted by Gasteiger charge is -2.01. The Morgan fingerprint density at radius 2 is 2.10 bits per heavy atom. The van der Waals surface area contributed by atoms with Gasteiger partial charge in [-0.25, -0.2) is 9.67 Å². The summed E-state index contributed by atoms with van der Waals surface area (Å²) in [6.07, 6.45) is 4.38. The van der Waals surface area contributed by atoms with Gasteiger partial charge in [0.05, 0.1) is 18.4 Å². The molecule has 1 N–H and O–H groups in total. The van der Waals surface area contributed by atoms with Gasteiger partial charge in [0.1, 0.15) is 12.6 Å². The topological polar surface area (TPSA) is 73.0 Å². The number of furan rings is 1. The molecule has 0 atom stereocenters. The van der Waals surface area contributed by atoms with Gasteiger partial charge in [-0.1, -0.05) is 28.1 Å². The Kier molecular flexibility index (Phi) is 3.83. The lowest BCUT2D eigenvalue weighted by molar-refractivity contribution is 0.102. The van der Waals surface area contributed by atoms with Crippen LogP contribution in [0.5, 0.6) is 0 Å². The SMILES string of the molecule is O=C(Nc1ncn(Cc2ccc(Br)cc2)n1)c1ccoc1. The van der Waals surface area contributed by atoms with Crippen LogP contribution in [0.3, 0.4) is 0 Å². The smallest absolute Gasteiger partial charge is 0.261 e. The zero-order valence-corrected chi connectivity index (χ0v) is 12.4. The van der Waals surface area contributed by atoms with E-state index in [1.165, 1.54) is 12.5 Å². The van der Waals surface area contributed by atoms with E-state index in [-0.39, 0.29) is 11.9 Å². The molecule has 2 heterocycles. The van der Waals surface area contributed by atoms with Crippen LogP contribution in [0.15, 0.2) is 58.1 Å². The first-order chi connectivity index (χ1) is 10.2. The van der Waals surface area contributed by atoms with Crippen molar-refractivity contribution in [3.63, 3.8) is 0 Å². The van der Waals surface area contributed by atoms with E-state index in [4.69, 9.17) is 4.42 Å². The van der Waals surface area contributed by atoms with Gasteiger partial charge in [-0.2, -0.15) is 0 Å². The van der Waals surface area contributed by atoms with E-state index in [9.17, 15) is 4.79 Å². The third-order valence-electron chi connectivity index (χ3n) is 2.80. The van der Waals surface area contributed by atoms with Gasteiger partial charge in [-0.15, -0.1) is 5.10 Å². The molecular formula is C14H11BrN4O2. The highest BCUT2D eigenvalue weighted by Gasteiger charge is 2.10. The van der Waals surface area contributed by atoms with Crippen molar-refractivity contribution in [3.05, 3.63) is 64.8 Å². The first-order valence-corrected chi connectivity index (χ1v) is 6.97. The monoisotopic (exact) mass is 346 g/mol. The highest BCUT2D eigenvalue weighted by atomic mass is 79.9. The molecule has 1 aromatic carbocycles. The minimum Gasteiger partial charge on any atom is -0.472 e. The average Bonchev–Trinajstić information content (AvgIpc) is 3.13. The molecule has 3 aromatic rings. The molecule has 21 heavy (non-hydrogen) atoms. The second kappa shape index (κ2) is 5.92. The van der Waals surface area contributed by atoms with Crippen LogP contribution >= 0.6 is 15.9 Å². The number of hydrogen-bond acceptors (Lipinski definition) is 4. The van der Waals surface area contributed by atoms with Crippen molar-refractivity contribution in [2.24, 2.45) is 0 Å². The van der Waals surface area contributed by atoms with E-state index in [2.05, 4.69) is 31.3 Å². The maximum atomic E-state index is 11.8. The van der Waals surface area contributed by atoms with Crippen LogP contribution in [-0.2, 0) is 6.54 Å². The molecule has 0 radical (unpaired) electrons. The maximum Gasteiger partial charge on any atom is 0.261 e. The average molecular weight is 347 g/mol. The number of anilines is 1. The van der Waals surface area contributed by atoms with Gasteiger partial charge in [0.2, 0.25) is 5.95 Å². The van der Waals surface area contributed by atoms with Crippen LogP contribution in [-0.4, -0.2) is 20.7 Å². The fourth-order valence-electron chi connectivity index (χ4n) is 1.77. The van der Waals surface area contributed by atoms with Crippen LogP contribution in [0.25, 0.3) is 0 Å². The van der Waals surface area contributed by atoms with Crippen LogP contribution in [0.2, 0.25) is 0 Å². The summed E-state index contributed by atoms with van der Waals surface area (Å²) in [5.41, 5.74) is 1.52. The second-order valence-electron chi connectivity index (χ2n) is 4.36. The third-order valence-corrected chi connectivity index (χ3v) is 3.33. The predicted molar refractivity (Wildman–Crippen MR) is 79.9 cm³/mol. The van der Waals surface area contributed by atoms with Crippen molar-refractivity contribution in [2.75, 3.05) is 5.32 Å². The van der Waals surface area contributed by atoms with Crippen LogP contribution in [0.4, 0.5) is 5.95 Å². The van der Waals surface area contributed by atoms with E-state index >= 15 is 0 Å². The summed E-state index contributed by atoms with van der Waals surface area (Å²) in [7, 11) is 0. The molecule has 0 unspecified atom stereocenters. The molecule has 0 saturated carbocycles. The number of nitrogens with zero attached hydrogens (tertiary/aromatic N) is 3. The van der Waals surface area contributed by atoms with Gasteiger partial charge in [-0.3, -0.25) is 10.1 Å². The summed E-state index contributed by atoms with van der Waals surface area (Å²) in [6.45, 7) is 0.585. The number of rotatable bonds is 4. The Morgan fingerprint density at radius 3 is 2.81 bits per heavy atom. The van der Waals surface area contributed by atoms with Gasteiger partial charge >= 0.3 is 0 Å². The van der Waals surface area contributed by atoms with Gasteiger partial charge in [-0.05, 0) is 23.8 Å². The number of carbonyl (C=O) groups excluding carboxylic acids is 1. The molecule has 0 aliphatic rings. The van der Waals surface area contributed by atoms with Crippen molar-refractivity contribution < 1.29 is 9.21 Å². The zero-order valence-electron chi connectivity index (χ0n) is 10.9. The zero-order chi connectivity index (χ0) is 14.7. The summed E-state index contributed by atoms with van der Waals surface area (Å²) in [6, 6.07) is 9.50. The number of halogens is 1. The van der Waals surface area contributed by atoms with Crippen molar-refractivity contribution in [1.82, 2.24) is 14.8 Å². The minimum atomic E-state index is -0.301. The van der Waals surface area contributed by atoms with E-state index in [0.717, 1.165) is 10.0 Å². The van der Waals surface area contributed by atoms with Crippen LogP contribution in [0.1, 0.15) is 15.9 Å². The Bertz CT molecular complexity index is 735. The van der Waals surface area contributed by atoms with E-state index < -0.39 is 0 Å². The molecule has 0 spiro atoms. The summed E-state index contributed by atoms with van der Waals surface area (Å²) in [5.74, 6) is -0.0385. The van der Waals surface area contributed by atoms with Crippen LogP contribution in [0, 0.1) is 0 Å². The number of nitrogens with one attached hydrogen (secondary N) is 1. The Morgan fingerprint density at radius 1 is 1.29 bits per heavy atom. The normalized spacial score (nSPS) is 10.5. The highest BCUT2D eigenvalue weighted by Crippen LogP contribution is 2.11. The first kappa shape index (κ1) is 13.6. The van der Waals surface area contributed by atoms with E-state index in [1.54, 1.807) is 17.1 Å². The predicted octanol–water partition coefficient (Wildman–Crippen LogP) is 2.93. The van der Waals surface area contributed by atoms with Gasteiger partial charge in [0.15, 0.2) is 0 Å². The van der Waals surface area contributed by atoms with Gasteiger partial charge in [0.25, 0.3) is 5.91 Å². The van der Waals surface area contributed by atoms with E-state index in [1.807, 2.05) is 24.3 Å². The molecule has 7 heteroatoms.